The minimum absolute atomic E-state index is 0.553. The molecule has 1 spiro atoms. The Morgan fingerprint density at radius 3 is 2.91 bits per heavy atom. The Bertz CT molecular complexity index is 632. The molecule has 2 saturated heterocycles. The molecule has 23 heavy (non-hydrogen) atoms. The van der Waals surface area contributed by atoms with Crippen molar-refractivity contribution in [3.63, 3.8) is 0 Å². The Labute approximate surface area is 136 Å². The van der Waals surface area contributed by atoms with E-state index < -0.39 is 0 Å². The fourth-order valence-corrected chi connectivity index (χ4v) is 3.92. The van der Waals surface area contributed by atoms with Crippen LogP contribution >= 0.6 is 0 Å². The lowest BCUT2D eigenvalue weighted by Gasteiger charge is -2.33. The van der Waals surface area contributed by atoms with Crippen molar-refractivity contribution in [2.45, 2.75) is 32.4 Å². The van der Waals surface area contributed by atoms with Gasteiger partial charge in [0.05, 0.1) is 18.4 Å². The van der Waals surface area contributed by atoms with E-state index >= 15 is 0 Å². The summed E-state index contributed by atoms with van der Waals surface area (Å²) in [5, 5.41) is 12.1. The summed E-state index contributed by atoms with van der Waals surface area (Å²) in [4.78, 5) is 6.69. The Morgan fingerprint density at radius 2 is 2.09 bits per heavy atom. The van der Waals surface area contributed by atoms with Crippen LogP contribution in [0.15, 0.2) is 30.7 Å². The molecule has 0 radical (unpaired) electrons. The number of nitrogens with one attached hydrogen (secondary N) is 1. The number of rotatable bonds is 4. The van der Waals surface area contributed by atoms with Crippen LogP contribution in [-0.4, -0.2) is 51.1 Å². The number of likely N-dealkylation sites (tertiary alicyclic amines) is 1. The van der Waals surface area contributed by atoms with Gasteiger partial charge in [0.1, 0.15) is 0 Å². The highest BCUT2D eigenvalue weighted by Crippen LogP contribution is 2.38. The highest BCUT2D eigenvalue weighted by atomic mass is 15.4. The molecule has 2 aliphatic rings. The number of pyridine rings is 1. The van der Waals surface area contributed by atoms with E-state index in [1.165, 1.54) is 45.4 Å². The monoisotopic (exact) mass is 312 g/mol. The smallest absolute Gasteiger partial charge is 0.0967 e. The van der Waals surface area contributed by atoms with Crippen LogP contribution in [0.4, 0.5) is 0 Å². The SMILES string of the molecule is c1cncc(Cn2cc(CN3CCC4(CCNCC4)C3)nn2)c1. The number of piperidine rings is 1. The van der Waals surface area contributed by atoms with Crippen LogP contribution in [0.1, 0.15) is 30.5 Å². The lowest BCUT2D eigenvalue weighted by molar-refractivity contribution is 0.193. The fraction of sp³-hybridized carbons (Fsp3) is 0.588. The molecule has 0 bridgehead atoms. The van der Waals surface area contributed by atoms with E-state index in [9.17, 15) is 0 Å². The van der Waals surface area contributed by atoms with Crippen molar-refractivity contribution < 1.29 is 0 Å². The summed E-state index contributed by atoms with van der Waals surface area (Å²) in [7, 11) is 0. The van der Waals surface area contributed by atoms with Gasteiger partial charge in [0.25, 0.3) is 0 Å². The second-order valence-electron chi connectivity index (χ2n) is 6.98. The van der Waals surface area contributed by atoms with Gasteiger partial charge in [-0.05, 0) is 55.9 Å². The third-order valence-corrected chi connectivity index (χ3v) is 5.22. The van der Waals surface area contributed by atoms with Gasteiger partial charge in [0.15, 0.2) is 0 Å². The standard InChI is InChI=1S/C17H24N6/c1-2-15(10-19-6-1)11-23-13-16(20-21-23)12-22-9-5-17(14-22)3-7-18-8-4-17/h1-2,6,10,13,18H,3-5,7-9,11-12,14H2. The molecule has 2 aliphatic heterocycles. The van der Waals surface area contributed by atoms with Gasteiger partial charge in [0.2, 0.25) is 0 Å². The molecule has 0 aliphatic carbocycles. The quantitative estimate of drug-likeness (QED) is 0.922. The Morgan fingerprint density at radius 1 is 1.17 bits per heavy atom. The molecule has 0 unspecified atom stereocenters. The van der Waals surface area contributed by atoms with Gasteiger partial charge in [-0.15, -0.1) is 5.10 Å². The largest absolute Gasteiger partial charge is 0.317 e. The van der Waals surface area contributed by atoms with Crippen molar-refractivity contribution >= 4 is 0 Å². The molecule has 0 atom stereocenters. The van der Waals surface area contributed by atoms with Gasteiger partial charge in [-0.3, -0.25) is 9.88 Å². The van der Waals surface area contributed by atoms with Gasteiger partial charge in [-0.1, -0.05) is 11.3 Å². The maximum atomic E-state index is 4.35. The Kier molecular flexibility index (Phi) is 4.10. The first-order valence-electron chi connectivity index (χ1n) is 8.52. The first kappa shape index (κ1) is 14.8. The molecule has 2 fully saturated rings. The molecule has 1 N–H and O–H groups in total. The molecule has 4 heterocycles. The number of hydrogen-bond acceptors (Lipinski definition) is 5. The number of aromatic nitrogens is 4. The first-order chi connectivity index (χ1) is 11.3. The van der Waals surface area contributed by atoms with Gasteiger partial charge >= 0.3 is 0 Å². The van der Waals surface area contributed by atoms with Gasteiger partial charge in [-0.2, -0.15) is 0 Å². The van der Waals surface area contributed by atoms with Crippen LogP contribution in [0, 0.1) is 5.41 Å². The second kappa shape index (κ2) is 6.37. The minimum atomic E-state index is 0.553. The predicted molar refractivity (Wildman–Crippen MR) is 87.8 cm³/mol. The highest BCUT2D eigenvalue weighted by Gasteiger charge is 2.38. The van der Waals surface area contributed by atoms with E-state index in [1.54, 1.807) is 6.20 Å². The van der Waals surface area contributed by atoms with Crippen LogP contribution in [0.25, 0.3) is 0 Å². The van der Waals surface area contributed by atoms with Crippen molar-refractivity contribution in [2.24, 2.45) is 5.41 Å². The first-order valence-corrected chi connectivity index (χ1v) is 8.52. The molecule has 4 rings (SSSR count). The summed E-state index contributed by atoms with van der Waals surface area (Å²) in [6.45, 7) is 6.41. The molecule has 6 heteroatoms. The van der Waals surface area contributed by atoms with E-state index in [-0.39, 0.29) is 0 Å². The predicted octanol–water partition coefficient (Wildman–Crippen LogP) is 1.30. The maximum absolute atomic E-state index is 4.35. The molecule has 0 amide bonds. The minimum Gasteiger partial charge on any atom is -0.317 e. The molecule has 0 saturated carbocycles. The van der Waals surface area contributed by atoms with Crippen LogP contribution in [0.3, 0.4) is 0 Å². The van der Waals surface area contributed by atoms with Gasteiger partial charge in [0, 0.05) is 25.5 Å². The average molecular weight is 312 g/mol. The number of hydrogen-bond donors (Lipinski definition) is 1. The van der Waals surface area contributed by atoms with Gasteiger partial charge in [-0.25, -0.2) is 4.68 Å². The summed E-state index contributed by atoms with van der Waals surface area (Å²) in [6.07, 6.45) is 9.70. The van der Waals surface area contributed by atoms with Crippen LogP contribution in [0.2, 0.25) is 0 Å². The van der Waals surface area contributed by atoms with Crippen molar-refractivity contribution in [1.82, 2.24) is 30.2 Å². The zero-order valence-electron chi connectivity index (χ0n) is 13.5. The van der Waals surface area contributed by atoms with E-state index in [1.807, 2.05) is 16.9 Å². The topological polar surface area (TPSA) is 58.9 Å². The Balaban J connectivity index is 1.35. The fourth-order valence-electron chi connectivity index (χ4n) is 3.92. The van der Waals surface area contributed by atoms with Crippen LogP contribution in [0.5, 0.6) is 0 Å². The Hall–Kier alpha value is -1.79. The number of nitrogens with zero attached hydrogens (tertiary/aromatic N) is 5. The molecule has 2 aromatic rings. The summed E-state index contributed by atoms with van der Waals surface area (Å²) in [5.74, 6) is 0. The molecule has 2 aromatic heterocycles. The zero-order chi connectivity index (χ0) is 15.5. The zero-order valence-corrected chi connectivity index (χ0v) is 13.5. The van der Waals surface area contributed by atoms with Crippen molar-refractivity contribution in [3.05, 3.63) is 42.0 Å². The second-order valence-corrected chi connectivity index (χ2v) is 6.98. The lowest BCUT2D eigenvalue weighted by Crippen LogP contribution is -2.38. The molecular formula is C17H24N6. The van der Waals surface area contributed by atoms with Gasteiger partial charge < -0.3 is 5.32 Å². The maximum Gasteiger partial charge on any atom is 0.0967 e. The lowest BCUT2D eigenvalue weighted by atomic mass is 9.78. The van der Waals surface area contributed by atoms with Crippen LogP contribution < -0.4 is 5.32 Å². The van der Waals surface area contributed by atoms with E-state index in [4.69, 9.17) is 0 Å². The van der Waals surface area contributed by atoms with E-state index in [2.05, 4.69) is 37.8 Å². The summed E-state index contributed by atoms with van der Waals surface area (Å²) >= 11 is 0. The summed E-state index contributed by atoms with van der Waals surface area (Å²) < 4.78 is 1.91. The van der Waals surface area contributed by atoms with Crippen molar-refractivity contribution in [1.29, 1.82) is 0 Å². The molecular weight excluding hydrogens is 288 g/mol. The van der Waals surface area contributed by atoms with Crippen molar-refractivity contribution in [3.8, 4) is 0 Å². The average Bonchev–Trinajstić information content (AvgIpc) is 3.17. The van der Waals surface area contributed by atoms with Crippen LogP contribution in [-0.2, 0) is 13.1 Å². The molecule has 122 valence electrons. The summed E-state index contributed by atoms with van der Waals surface area (Å²) in [6, 6.07) is 4.02. The van der Waals surface area contributed by atoms with E-state index in [0.717, 1.165) is 24.3 Å². The third-order valence-electron chi connectivity index (χ3n) is 5.22. The van der Waals surface area contributed by atoms with Crippen molar-refractivity contribution in [2.75, 3.05) is 26.2 Å². The van der Waals surface area contributed by atoms with E-state index in [0.29, 0.717) is 5.41 Å². The molecule has 6 nitrogen and oxygen atoms in total. The highest BCUT2D eigenvalue weighted by molar-refractivity contribution is 5.09. The summed E-state index contributed by atoms with van der Waals surface area (Å²) in [5.41, 5.74) is 2.77. The third kappa shape index (κ3) is 3.43. The molecule has 0 aromatic carbocycles. The normalized spacial score (nSPS) is 21.0.